The van der Waals surface area contributed by atoms with Crippen LogP contribution in [0.1, 0.15) is 23.8 Å². The molecule has 0 aliphatic carbocycles. The second-order valence-electron chi connectivity index (χ2n) is 4.21. The smallest absolute Gasteiger partial charge is 0.272 e. The minimum absolute atomic E-state index is 0.0557. The van der Waals surface area contributed by atoms with Crippen LogP contribution in [0.4, 0.5) is 0 Å². The van der Waals surface area contributed by atoms with Crippen molar-refractivity contribution >= 4 is 21.8 Å². The van der Waals surface area contributed by atoms with E-state index in [-0.39, 0.29) is 18.1 Å². The summed E-state index contributed by atoms with van der Waals surface area (Å²) < 4.78 is 6.34. The van der Waals surface area contributed by atoms with Crippen molar-refractivity contribution in [1.29, 1.82) is 0 Å². The maximum absolute atomic E-state index is 12.2. The average Bonchev–Trinajstić information content (AvgIpc) is 2.74. The van der Waals surface area contributed by atoms with Gasteiger partial charge in [-0.1, -0.05) is 0 Å². The topological polar surface area (TPSA) is 42.4 Å². The molecule has 1 saturated heterocycles. The van der Waals surface area contributed by atoms with E-state index in [9.17, 15) is 4.79 Å². The van der Waals surface area contributed by atoms with Crippen LogP contribution in [-0.2, 0) is 4.74 Å². The standard InChI is InChI=1S/C12H15BrN2O2/c1-8-11(5-6-17-8)15(2)12(16)10-4-3-9(13)7-14-10/h3-4,7-8,11H,5-6H2,1-2H3. The van der Waals surface area contributed by atoms with Crippen LogP contribution in [0.5, 0.6) is 0 Å². The highest BCUT2D eigenvalue weighted by atomic mass is 79.9. The van der Waals surface area contributed by atoms with Gasteiger partial charge in [-0.2, -0.15) is 0 Å². The maximum Gasteiger partial charge on any atom is 0.272 e. The monoisotopic (exact) mass is 298 g/mol. The molecule has 1 amide bonds. The predicted molar refractivity (Wildman–Crippen MR) is 67.8 cm³/mol. The molecule has 1 aromatic rings. The van der Waals surface area contributed by atoms with Crippen LogP contribution in [0.2, 0.25) is 0 Å². The van der Waals surface area contributed by atoms with E-state index in [1.165, 1.54) is 0 Å². The summed E-state index contributed by atoms with van der Waals surface area (Å²) in [5.41, 5.74) is 0.467. The fourth-order valence-corrected chi connectivity index (χ4v) is 2.30. The highest BCUT2D eigenvalue weighted by Gasteiger charge is 2.31. The molecule has 0 bridgehead atoms. The van der Waals surface area contributed by atoms with E-state index >= 15 is 0 Å². The molecule has 2 heterocycles. The van der Waals surface area contributed by atoms with E-state index in [0.717, 1.165) is 17.5 Å². The molecular formula is C12H15BrN2O2. The summed E-state index contributed by atoms with van der Waals surface area (Å²) in [6.45, 7) is 2.72. The van der Waals surface area contributed by atoms with Crippen molar-refractivity contribution < 1.29 is 9.53 Å². The number of hydrogen-bond donors (Lipinski definition) is 0. The lowest BCUT2D eigenvalue weighted by Gasteiger charge is -2.26. The number of likely N-dealkylation sites (N-methyl/N-ethyl adjacent to an activating group) is 1. The van der Waals surface area contributed by atoms with Crippen LogP contribution in [-0.4, -0.2) is 41.6 Å². The Labute approximate surface area is 109 Å². The van der Waals surface area contributed by atoms with Gasteiger partial charge in [0.15, 0.2) is 0 Å². The van der Waals surface area contributed by atoms with Gasteiger partial charge in [0.25, 0.3) is 5.91 Å². The highest BCUT2D eigenvalue weighted by Crippen LogP contribution is 2.20. The van der Waals surface area contributed by atoms with Crippen molar-refractivity contribution in [2.24, 2.45) is 0 Å². The lowest BCUT2D eigenvalue weighted by molar-refractivity contribution is 0.0570. The quantitative estimate of drug-likeness (QED) is 0.840. The number of halogens is 1. The molecule has 0 radical (unpaired) electrons. The first-order valence-corrected chi connectivity index (χ1v) is 6.39. The zero-order valence-electron chi connectivity index (χ0n) is 9.89. The summed E-state index contributed by atoms with van der Waals surface area (Å²) in [7, 11) is 1.81. The summed E-state index contributed by atoms with van der Waals surface area (Å²) in [6, 6.07) is 3.69. The van der Waals surface area contributed by atoms with Gasteiger partial charge in [0.05, 0.1) is 12.1 Å². The number of carbonyl (C=O) groups excluding carboxylic acids is 1. The van der Waals surface area contributed by atoms with Crippen molar-refractivity contribution in [3.8, 4) is 0 Å². The average molecular weight is 299 g/mol. The fourth-order valence-electron chi connectivity index (χ4n) is 2.06. The Kier molecular flexibility index (Phi) is 3.79. The van der Waals surface area contributed by atoms with E-state index in [2.05, 4.69) is 20.9 Å². The molecule has 2 atom stereocenters. The molecular weight excluding hydrogens is 284 g/mol. The first-order valence-electron chi connectivity index (χ1n) is 5.60. The first-order chi connectivity index (χ1) is 8.09. The maximum atomic E-state index is 12.2. The number of pyridine rings is 1. The molecule has 5 heteroatoms. The van der Waals surface area contributed by atoms with Crippen molar-refractivity contribution in [3.63, 3.8) is 0 Å². The fraction of sp³-hybridized carbons (Fsp3) is 0.500. The molecule has 1 aromatic heterocycles. The number of nitrogens with zero attached hydrogens (tertiary/aromatic N) is 2. The number of amides is 1. The summed E-state index contributed by atoms with van der Waals surface area (Å²) in [6.07, 6.45) is 2.62. The third-order valence-corrected chi connectivity index (χ3v) is 3.57. The second-order valence-corrected chi connectivity index (χ2v) is 5.13. The molecule has 92 valence electrons. The number of hydrogen-bond acceptors (Lipinski definition) is 3. The second kappa shape index (κ2) is 5.14. The Morgan fingerprint density at radius 1 is 1.59 bits per heavy atom. The van der Waals surface area contributed by atoms with Crippen molar-refractivity contribution in [3.05, 3.63) is 28.5 Å². The number of aromatic nitrogens is 1. The molecule has 2 unspecified atom stereocenters. The molecule has 2 rings (SSSR count). The van der Waals surface area contributed by atoms with Gasteiger partial charge in [-0.15, -0.1) is 0 Å². The van der Waals surface area contributed by atoms with Crippen LogP contribution in [0.15, 0.2) is 22.8 Å². The largest absolute Gasteiger partial charge is 0.376 e. The number of carbonyl (C=O) groups is 1. The molecule has 0 saturated carbocycles. The molecule has 0 N–H and O–H groups in total. The summed E-state index contributed by atoms with van der Waals surface area (Å²) in [5, 5.41) is 0. The van der Waals surface area contributed by atoms with Crippen LogP contribution in [0.25, 0.3) is 0 Å². The van der Waals surface area contributed by atoms with Crippen LogP contribution in [0.3, 0.4) is 0 Å². The van der Waals surface area contributed by atoms with Crippen molar-refractivity contribution in [2.45, 2.75) is 25.5 Å². The normalized spacial score (nSPS) is 23.7. The van der Waals surface area contributed by atoms with Gasteiger partial charge in [-0.05, 0) is 41.4 Å². The summed E-state index contributed by atoms with van der Waals surface area (Å²) in [4.78, 5) is 18.0. The predicted octanol–water partition coefficient (Wildman–Crippen LogP) is 2.09. The molecule has 1 fully saturated rings. The molecule has 0 aromatic carbocycles. The Morgan fingerprint density at radius 2 is 2.35 bits per heavy atom. The van der Waals surface area contributed by atoms with E-state index in [1.54, 1.807) is 17.2 Å². The van der Waals surface area contributed by atoms with Gasteiger partial charge in [-0.3, -0.25) is 4.79 Å². The van der Waals surface area contributed by atoms with Crippen LogP contribution < -0.4 is 0 Å². The van der Waals surface area contributed by atoms with Gasteiger partial charge < -0.3 is 9.64 Å². The SMILES string of the molecule is CC1OCCC1N(C)C(=O)c1ccc(Br)cn1. The minimum atomic E-state index is -0.0557. The number of rotatable bonds is 2. The van der Waals surface area contributed by atoms with Gasteiger partial charge in [0, 0.05) is 24.3 Å². The van der Waals surface area contributed by atoms with Gasteiger partial charge in [-0.25, -0.2) is 4.98 Å². The van der Waals surface area contributed by atoms with Crippen LogP contribution in [0, 0.1) is 0 Å². The van der Waals surface area contributed by atoms with Gasteiger partial charge in [0.1, 0.15) is 5.69 Å². The van der Waals surface area contributed by atoms with E-state index in [0.29, 0.717) is 5.69 Å². The van der Waals surface area contributed by atoms with Crippen molar-refractivity contribution in [1.82, 2.24) is 9.88 Å². The van der Waals surface area contributed by atoms with E-state index in [4.69, 9.17) is 4.74 Å². The number of ether oxygens (including phenoxy) is 1. The molecule has 4 nitrogen and oxygen atoms in total. The lowest BCUT2D eigenvalue weighted by Crippen LogP contribution is -2.41. The summed E-state index contributed by atoms with van der Waals surface area (Å²) >= 11 is 3.30. The van der Waals surface area contributed by atoms with Gasteiger partial charge in [0.2, 0.25) is 0 Å². The van der Waals surface area contributed by atoms with Gasteiger partial charge >= 0.3 is 0 Å². The Balaban J connectivity index is 2.11. The molecule has 17 heavy (non-hydrogen) atoms. The van der Waals surface area contributed by atoms with E-state index < -0.39 is 0 Å². The first kappa shape index (κ1) is 12.5. The Bertz CT molecular complexity index is 407. The zero-order chi connectivity index (χ0) is 12.4. The highest BCUT2D eigenvalue weighted by molar-refractivity contribution is 9.10. The molecule has 1 aliphatic rings. The Hall–Kier alpha value is -0.940. The summed E-state index contributed by atoms with van der Waals surface area (Å²) in [5.74, 6) is -0.0557. The van der Waals surface area contributed by atoms with E-state index in [1.807, 2.05) is 20.0 Å². The Morgan fingerprint density at radius 3 is 2.88 bits per heavy atom. The third kappa shape index (κ3) is 2.66. The minimum Gasteiger partial charge on any atom is -0.376 e. The molecule has 0 spiro atoms. The third-order valence-electron chi connectivity index (χ3n) is 3.10. The lowest BCUT2D eigenvalue weighted by atomic mass is 10.1. The zero-order valence-corrected chi connectivity index (χ0v) is 11.5. The van der Waals surface area contributed by atoms with Crippen LogP contribution >= 0.6 is 15.9 Å². The molecule has 1 aliphatic heterocycles. The van der Waals surface area contributed by atoms with Crippen molar-refractivity contribution in [2.75, 3.05) is 13.7 Å².